The largest absolute Gasteiger partial charge is 0.475 e. The average molecular weight is 322 g/mol. The van der Waals surface area contributed by atoms with Crippen molar-refractivity contribution in [2.24, 2.45) is 0 Å². The highest BCUT2D eigenvalue weighted by atomic mass is 16.7. The first-order valence-corrected chi connectivity index (χ1v) is 8.48. The monoisotopic (exact) mass is 322 g/mol. The number of hydrogen-bond donors (Lipinski definition) is 0. The molecule has 0 aliphatic rings. The predicted molar refractivity (Wildman–Crippen MR) is 91.8 cm³/mol. The standard InChI is InChI=1S/C19H30O4/c1-3-13-22-19(23-14-4-2)12-8-9-15-20-17-21-16-18-10-6-5-7-11-18/h5-7,9-11,15,19H,3-4,8,12-14,16-17H2,1-2H3. The molecule has 0 saturated carbocycles. The van der Waals surface area contributed by atoms with Gasteiger partial charge in [0.25, 0.3) is 0 Å². The maximum absolute atomic E-state index is 5.67. The summed E-state index contributed by atoms with van der Waals surface area (Å²) in [6.45, 7) is 6.49. The molecule has 0 amide bonds. The van der Waals surface area contributed by atoms with Gasteiger partial charge in [-0.05, 0) is 30.9 Å². The lowest BCUT2D eigenvalue weighted by molar-refractivity contribution is -0.145. The van der Waals surface area contributed by atoms with Gasteiger partial charge in [0.05, 0.1) is 12.9 Å². The van der Waals surface area contributed by atoms with E-state index in [9.17, 15) is 0 Å². The third-order valence-corrected chi connectivity index (χ3v) is 3.04. The lowest BCUT2D eigenvalue weighted by atomic mass is 10.2. The van der Waals surface area contributed by atoms with E-state index in [2.05, 4.69) is 13.8 Å². The molecule has 130 valence electrons. The molecule has 4 nitrogen and oxygen atoms in total. The normalized spacial score (nSPS) is 11.4. The summed E-state index contributed by atoms with van der Waals surface area (Å²) in [6.07, 6.45) is 7.24. The van der Waals surface area contributed by atoms with E-state index in [4.69, 9.17) is 18.9 Å². The van der Waals surface area contributed by atoms with Gasteiger partial charge in [0.2, 0.25) is 0 Å². The Kier molecular flexibility index (Phi) is 12.2. The highest BCUT2D eigenvalue weighted by molar-refractivity contribution is 5.13. The molecule has 0 bridgehead atoms. The predicted octanol–water partition coefficient (Wildman–Crippen LogP) is 4.65. The molecule has 0 aliphatic heterocycles. The molecule has 0 radical (unpaired) electrons. The van der Waals surface area contributed by atoms with Crippen LogP contribution in [0.25, 0.3) is 0 Å². The molecule has 1 aromatic rings. The molecule has 23 heavy (non-hydrogen) atoms. The first-order valence-electron chi connectivity index (χ1n) is 8.48. The quantitative estimate of drug-likeness (QED) is 0.284. The van der Waals surface area contributed by atoms with E-state index in [0.717, 1.165) is 44.5 Å². The first-order chi connectivity index (χ1) is 11.4. The van der Waals surface area contributed by atoms with E-state index < -0.39 is 0 Å². The van der Waals surface area contributed by atoms with Crippen LogP contribution in [0.4, 0.5) is 0 Å². The van der Waals surface area contributed by atoms with Gasteiger partial charge in [-0.15, -0.1) is 0 Å². The van der Waals surface area contributed by atoms with Crippen molar-refractivity contribution in [2.45, 2.75) is 52.4 Å². The number of benzene rings is 1. The second kappa shape index (κ2) is 14.2. The molecule has 0 aliphatic carbocycles. The molecule has 1 rings (SSSR count). The fourth-order valence-corrected chi connectivity index (χ4v) is 1.90. The zero-order chi connectivity index (χ0) is 16.6. The molecule has 0 heterocycles. The van der Waals surface area contributed by atoms with E-state index >= 15 is 0 Å². The van der Waals surface area contributed by atoms with E-state index in [0.29, 0.717) is 6.61 Å². The Morgan fingerprint density at radius 2 is 1.70 bits per heavy atom. The van der Waals surface area contributed by atoms with E-state index in [1.165, 1.54) is 0 Å². The lowest BCUT2D eigenvalue weighted by Gasteiger charge is -2.17. The minimum Gasteiger partial charge on any atom is -0.475 e. The van der Waals surface area contributed by atoms with E-state index in [1.807, 2.05) is 36.4 Å². The number of hydrogen-bond acceptors (Lipinski definition) is 4. The minimum absolute atomic E-state index is 0.117. The van der Waals surface area contributed by atoms with Crippen molar-refractivity contribution in [3.63, 3.8) is 0 Å². The molecule has 0 spiro atoms. The van der Waals surface area contributed by atoms with Crippen LogP contribution in [-0.4, -0.2) is 26.3 Å². The molecule has 0 saturated heterocycles. The van der Waals surface area contributed by atoms with Crippen molar-refractivity contribution in [1.29, 1.82) is 0 Å². The van der Waals surface area contributed by atoms with Gasteiger partial charge in [0.1, 0.15) is 0 Å². The van der Waals surface area contributed by atoms with Crippen LogP contribution in [-0.2, 0) is 25.6 Å². The Labute approximate surface area is 140 Å². The molecular formula is C19H30O4. The van der Waals surface area contributed by atoms with Crippen molar-refractivity contribution in [2.75, 3.05) is 20.0 Å². The Bertz CT molecular complexity index is 384. The van der Waals surface area contributed by atoms with Crippen LogP contribution in [0.5, 0.6) is 0 Å². The van der Waals surface area contributed by atoms with Crippen LogP contribution in [0, 0.1) is 0 Å². The maximum Gasteiger partial charge on any atom is 0.188 e. The molecular weight excluding hydrogens is 292 g/mol. The summed E-state index contributed by atoms with van der Waals surface area (Å²) in [5, 5.41) is 0. The summed E-state index contributed by atoms with van der Waals surface area (Å²) in [6, 6.07) is 10.0. The lowest BCUT2D eigenvalue weighted by Crippen LogP contribution is -2.18. The minimum atomic E-state index is -0.117. The Balaban J connectivity index is 2.05. The summed E-state index contributed by atoms with van der Waals surface area (Å²) < 4.78 is 22.1. The van der Waals surface area contributed by atoms with Crippen molar-refractivity contribution >= 4 is 0 Å². The van der Waals surface area contributed by atoms with E-state index in [1.54, 1.807) is 6.26 Å². The first kappa shape index (κ1) is 19.7. The van der Waals surface area contributed by atoms with Gasteiger partial charge in [0.15, 0.2) is 13.1 Å². The van der Waals surface area contributed by atoms with Gasteiger partial charge in [-0.1, -0.05) is 44.2 Å². The fraction of sp³-hybridized carbons (Fsp3) is 0.579. The molecule has 0 atom stereocenters. The smallest absolute Gasteiger partial charge is 0.188 e. The molecule has 0 N–H and O–H groups in total. The van der Waals surface area contributed by atoms with Crippen molar-refractivity contribution in [3.05, 3.63) is 48.2 Å². The molecule has 0 fully saturated rings. The van der Waals surface area contributed by atoms with Gasteiger partial charge in [-0.3, -0.25) is 0 Å². The van der Waals surface area contributed by atoms with Crippen LogP contribution in [0.2, 0.25) is 0 Å². The molecule has 0 unspecified atom stereocenters. The zero-order valence-electron chi connectivity index (χ0n) is 14.4. The highest BCUT2D eigenvalue weighted by Crippen LogP contribution is 2.07. The van der Waals surface area contributed by atoms with Crippen molar-refractivity contribution in [3.8, 4) is 0 Å². The average Bonchev–Trinajstić information content (AvgIpc) is 2.59. The number of rotatable bonds is 14. The van der Waals surface area contributed by atoms with Gasteiger partial charge in [-0.25, -0.2) is 0 Å². The zero-order valence-corrected chi connectivity index (χ0v) is 14.4. The summed E-state index contributed by atoms with van der Waals surface area (Å²) in [5.41, 5.74) is 1.14. The summed E-state index contributed by atoms with van der Waals surface area (Å²) in [4.78, 5) is 0. The second-order valence-electron chi connectivity index (χ2n) is 5.24. The highest BCUT2D eigenvalue weighted by Gasteiger charge is 2.07. The number of ether oxygens (including phenoxy) is 4. The Hall–Kier alpha value is -1.36. The van der Waals surface area contributed by atoms with Crippen LogP contribution < -0.4 is 0 Å². The summed E-state index contributed by atoms with van der Waals surface area (Å²) >= 11 is 0. The topological polar surface area (TPSA) is 36.9 Å². The van der Waals surface area contributed by atoms with Crippen LogP contribution in [0.1, 0.15) is 45.1 Å². The second-order valence-corrected chi connectivity index (χ2v) is 5.24. The van der Waals surface area contributed by atoms with Gasteiger partial charge in [-0.2, -0.15) is 0 Å². The maximum atomic E-state index is 5.67. The third kappa shape index (κ3) is 10.9. The Morgan fingerprint density at radius 1 is 1.00 bits per heavy atom. The van der Waals surface area contributed by atoms with Gasteiger partial charge >= 0.3 is 0 Å². The molecule has 0 aromatic heterocycles. The van der Waals surface area contributed by atoms with Crippen molar-refractivity contribution in [1.82, 2.24) is 0 Å². The summed E-state index contributed by atoms with van der Waals surface area (Å²) in [7, 11) is 0. The molecule has 1 aromatic carbocycles. The number of allylic oxidation sites excluding steroid dienone is 1. The third-order valence-electron chi connectivity index (χ3n) is 3.04. The fourth-order valence-electron chi connectivity index (χ4n) is 1.90. The van der Waals surface area contributed by atoms with Gasteiger partial charge < -0.3 is 18.9 Å². The van der Waals surface area contributed by atoms with Crippen LogP contribution in [0.3, 0.4) is 0 Å². The van der Waals surface area contributed by atoms with Crippen LogP contribution >= 0.6 is 0 Å². The van der Waals surface area contributed by atoms with E-state index in [-0.39, 0.29) is 13.1 Å². The SMILES string of the molecule is CCCOC(CCC=COCOCc1ccccc1)OCCC. The van der Waals surface area contributed by atoms with Gasteiger partial charge in [0, 0.05) is 19.6 Å². The summed E-state index contributed by atoms with van der Waals surface area (Å²) in [5.74, 6) is 0. The Morgan fingerprint density at radius 3 is 2.35 bits per heavy atom. The van der Waals surface area contributed by atoms with Crippen molar-refractivity contribution < 1.29 is 18.9 Å². The molecule has 4 heteroatoms. The van der Waals surface area contributed by atoms with Crippen LogP contribution in [0.15, 0.2) is 42.7 Å².